The fourth-order valence-corrected chi connectivity index (χ4v) is 4.72. The highest BCUT2D eigenvalue weighted by Crippen LogP contribution is 2.32. The third kappa shape index (κ3) is 4.40. The van der Waals surface area contributed by atoms with E-state index in [4.69, 9.17) is 4.74 Å². The van der Waals surface area contributed by atoms with Gasteiger partial charge >= 0.3 is 6.03 Å². The molecule has 2 aliphatic rings. The Kier molecular flexibility index (Phi) is 5.68. The molecular weight excluding hydrogens is 402 g/mol. The normalized spacial score (nSPS) is 20.7. The fourth-order valence-electron chi connectivity index (χ4n) is 4.72. The number of hydrogen-bond donors (Lipinski definition) is 0. The van der Waals surface area contributed by atoms with Gasteiger partial charge in [-0.05, 0) is 54.2 Å². The van der Waals surface area contributed by atoms with Gasteiger partial charge in [-0.3, -0.25) is 0 Å². The van der Waals surface area contributed by atoms with Crippen LogP contribution in [0.25, 0.3) is 0 Å². The Morgan fingerprint density at radius 1 is 1.00 bits per heavy atom. The van der Waals surface area contributed by atoms with Gasteiger partial charge in [-0.1, -0.05) is 30.3 Å². The van der Waals surface area contributed by atoms with Crippen molar-refractivity contribution in [3.8, 4) is 11.5 Å². The lowest BCUT2D eigenvalue weighted by atomic mass is 10.0. The number of aromatic nitrogens is 2. The summed E-state index contributed by atoms with van der Waals surface area (Å²) in [6.07, 6.45) is 3.53. The molecule has 0 aliphatic carbocycles. The minimum Gasteiger partial charge on any atom is -0.457 e. The molecule has 2 fully saturated rings. The van der Waals surface area contributed by atoms with Crippen molar-refractivity contribution in [1.29, 1.82) is 0 Å². The summed E-state index contributed by atoms with van der Waals surface area (Å²) in [6.45, 7) is 6.38. The van der Waals surface area contributed by atoms with Gasteiger partial charge in [0.2, 0.25) is 0 Å². The van der Waals surface area contributed by atoms with E-state index in [1.54, 1.807) is 12.4 Å². The predicted molar refractivity (Wildman–Crippen MR) is 122 cm³/mol. The number of ether oxygens (including phenoxy) is 1. The minimum atomic E-state index is -0.00906. The van der Waals surface area contributed by atoms with Gasteiger partial charge in [0.05, 0.1) is 6.20 Å². The van der Waals surface area contributed by atoms with Crippen molar-refractivity contribution in [2.24, 2.45) is 11.8 Å². The van der Waals surface area contributed by atoms with Crippen LogP contribution in [-0.2, 0) is 6.54 Å². The second-order valence-electron chi connectivity index (χ2n) is 8.92. The SMILES string of the molecule is Cc1cnn(C(=O)N2C[C@@H]3CN(N(C)Cc4ccc(Oc5ccccc5)cc4)C[C@@H]3C2)c1. The number of hydrogen-bond acceptors (Lipinski definition) is 5. The van der Waals surface area contributed by atoms with E-state index in [1.807, 2.05) is 54.3 Å². The topological polar surface area (TPSA) is 53.8 Å². The number of carbonyl (C=O) groups is 1. The number of fused-ring (bicyclic) bond motifs is 1. The molecule has 0 bridgehead atoms. The third-order valence-corrected chi connectivity index (χ3v) is 6.44. The van der Waals surface area contributed by atoms with Gasteiger partial charge in [-0.2, -0.15) is 9.78 Å². The van der Waals surface area contributed by atoms with E-state index in [0.717, 1.165) is 49.8 Å². The zero-order valence-electron chi connectivity index (χ0n) is 18.6. The van der Waals surface area contributed by atoms with Gasteiger partial charge in [0, 0.05) is 46.0 Å². The largest absolute Gasteiger partial charge is 0.457 e. The summed E-state index contributed by atoms with van der Waals surface area (Å²) in [5.41, 5.74) is 2.25. The smallest absolute Gasteiger partial charge is 0.344 e. The van der Waals surface area contributed by atoms with Gasteiger partial charge < -0.3 is 9.64 Å². The second-order valence-corrected chi connectivity index (χ2v) is 8.92. The molecule has 0 spiro atoms. The number of amides is 1. The summed E-state index contributed by atoms with van der Waals surface area (Å²) in [5, 5.41) is 8.89. The average Bonchev–Trinajstić information content (AvgIpc) is 3.50. The van der Waals surface area contributed by atoms with Crippen molar-refractivity contribution in [2.45, 2.75) is 13.5 Å². The monoisotopic (exact) mass is 431 g/mol. The maximum Gasteiger partial charge on any atom is 0.344 e. The van der Waals surface area contributed by atoms with Crippen LogP contribution in [0.15, 0.2) is 67.0 Å². The van der Waals surface area contributed by atoms with Crippen LogP contribution >= 0.6 is 0 Å². The van der Waals surface area contributed by atoms with Gasteiger partial charge in [0.15, 0.2) is 0 Å². The van der Waals surface area contributed by atoms with E-state index in [0.29, 0.717) is 11.8 Å². The van der Waals surface area contributed by atoms with Crippen LogP contribution in [0, 0.1) is 18.8 Å². The van der Waals surface area contributed by atoms with E-state index in [9.17, 15) is 4.79 Å². The molecule has 2 saturated heterocycles. The molecule has 166 valence electrons. The molecule has 2 atom stereocenters. The summed E-state index contributed by atoms with van der Waals surface area (Å²) in [6, 6.07) is 18.1. The first-order chi connectivity index (χ1) is 15.5. The van der Waals surface area contributed by atoms with E-state index in [2.05, 4.69) is 34.3 Å². The lowest BCUT2D eigenvalue weighted by Crippen LogP contribution is -2.41. The number of likely N-dealkylation sites (tertiary alicyclic amines) is 1. The van der Waals surface area contributed by atoms with E-state index in [1.165, 1.54) is 10.2 Å². The molecule has 0 saturated carbocycles. The molecule has 3 heterocycles. The first kappa shape index (κ1) is 20.7. The summed E-state index contributed by atoms with van der Waals surface area (Å²) in [5.74, 6) is 2.71. The molecule has 0 radical (unpaired) electrons. The third-order valence-electron chi connectivity index (χ3n) is 6.44. The molecular formula is C25H29N5O2. The van der Waals surface area contributed by atoms with Gasteiger partial charge in [-0.25, -0.2) is 14.8 Å². The van der Waals surface area contributed by atoms with Crippen LogP contribution in [0.2, 0.25) is 0 Å². The number of rotatable bonds is 5. The molecule has 2 aromatic carbocycles. The molecule has 0 N–H and O–H groups in total. The standard InChI is InChI=1S/C25H29N5O2/c1-19-12-26-30(13-19)25(31)28-15-21-17-29(18-22(21)16-28)27(2)14-20-8-10-24(11-9-20)32-23-6-4-3-5-7-23/h3-13,21-22H,14-18H2,1-2H3/t21-,22+. The Labute approximate surface area is 188 Å². The first-order valence-corrected chi connectivity index (χ1v) is 11.1. The van der Waals surface area contributed by atoms with Crippen LogP contribution in [-0.4, -0.2) is 64.0 Å². The number of carbonyl (C=O) groups excluding carboxylic acids is 1. The van der Waals surface area contributed by atoms with E-state index in [-0.39, 0.29) is 6.03 Å². The Hall–Kier alpha value is -3.16. The van der Waals surface area contributed by atoms with Crippen molar-refractivity contribution in [2.75, 3.05) is 33.2 Å². The Balaban J connectivity index is 1.13. The molecule has 1 aromatic heterocycles. The second kappa shape index (κ2) is 8.76. The Morgan fingerprint density at radius 3 is 2.28 bits per heavy atom. The van der Waals surface area contributed by atoms with Gasteiger partial charge in [0.25, 0.3) is 0 Å². The molecule has 0 unspecified atom stereocenters. The van der Waals surface area contributed by atoms with Crippen molar-refractivity contribution < 1.29 is 9.53 Å². The van der Waals surface area contributed by atoms with Gasteiger partial charge in [0.1, 0.15) is 11.5 Å². The maximum atomic E-state index is 12.7. The lowest BCUT2D eigenvalue weighted by Gasteiger charge is -2.30. The lowest BCUT2D eigenvalue weighted by molar-refractivity contribution is 0.00634. The number of para-hydroxylation sites is 1. The van der Waals surface area contributed by atoms with Crippen molar-refractivity contribution in [3.63, 3.8) is 0 Å². The molecule has 2 aliphatic heterocycles. The Bertz CT molecular complexity index is 1050. The maximum absolute atomic E-state index is 12.7. The summed E-state index contributed by atoms with van der Waals surface area (Å²) >= 11 is 0. The average molecular weight is 432 g/mol. The van der Waals surface area contributed by atoms with Gasteiger partial charge in [-0.15, -0.1) is 0 Å². The van der Waals surface area contributed by atoms with Crippen molar-refractivity contribution in [3.05, 3.63) is 78.1 Å². The highest BCUT2D eigenvalue weighted by molar-refractivity contribution is 5.76. The zero-order chi connectivity index (χ0) is 22.1. The van der Waals surface area contributed by atoms with Crippen LogP contribution in [0.1, 0.15) is 11.1 Å². The van der Waals surface area contributed by atoms with Crippen molar-refractivity contribution in [1.82, 2.24) is 24.7 Å². The number of nitrogens with zero attached hydrogens (tertiary/aromatic N) is 5. The summed E-state index contributed by atoms with van der Waals surface area (Å²) < 4.78 is 7.35. The summed E-state index contributed by atoms with van der Waals surface area (Å²) in [4.78, 5) is 14.6. The zero-order valence-corrected chi connectivity index (χ0v) is 18.6. The summed E-state index contributed by atoms with van der Waals surface area (Å²) in [7, 11) is 2.14. The molecule has 7 nitrogen and oxygen atoms in total. The highest BCUT2D eigenvalue weighted by Gasteiger charge is 2.43. The highest BCUT2D eigenvalue weighted by atomic mass is 16.5. The van der Waals surface area contributed by atoms with E-state index >= 15 is 0 Å². The number of benzene rings is 2. The molecule has 1 amide bonds. The van der Waals surface area contributed by atoms with Crippen LogP contribution in [0.5, 0.6) is 11.5 Å². The molecule has 32 heavy (non-hydrogen) atoms. The van der Waals surface area contributed by atoms with Crippen LogP contribution in [0.3, 0.4) is 0 Å². The van der Waals surface area contributed by atoms with Crippen LogP contribution < -0.4 is 4.74 Å². The quantitative estimate of drug-likeness (QED) is 0.614. The minimum absolute atomic E-state index is 0.00906. The molecule has 5 rings (SSSR count). The fraction of sp³-hybridized carbons (Fsp3) is 0.360. The van der Waals surface area contributed by atoms with E-state index < -0.39 is 0 Å². The predicted octanol–water partition coefficient (Wildman–Crippen LogP) is 3.86. The number of aryl methyl sites for hydroxylation is 1. The molecule has 7 heteroatoms. The number of hydrazine groups is 1. The van der Waals surface area contributed by atoms with Crippen molar-refractivity contribution >= 4 is 6.03 Å². The first-order valence-electron chi connectivity index (χ1n) is 11.1. The Morgan fingerprint density at radius 2 is 1.66 bits per heavy atom. The molecule has 3 aromatic rings. The van der Waals surface area contributed by atoms with Crippen LogP contribution in [0.4, 0.5) is 4.79 Å².